The molecule has 0 amide bonds. The lowest BCUT2D eigenvalue weighted by Gasteiger charge is -2.34. The van der Waals surface area contributed by atoms with Crippen LogP contribution in [0, 0.1) is 0 Å². The molecule has 0 aliphatic carbocycles. The highest BCUT2D eigenvalue weighted by Gasteiger charge is 2.37. The van der Waals surface area contributed by atoms with Gasteiger partial charge >= 0.3 is 0 Å². The highest BCUT2D eigenvalue weighted by molar-refractivity contribution is 7.77. The fraction of sp³-hybridized carbons (Fsp3) is 0.389. The molecule has 1 heterocycles. The van der Waals surface area contributed by atoms with Gasteiger partial charge in [0.1, 0.15) is 5.34 Å². The van der Waals surface area contributed by atoms with Gasteiger partial charge < -0.3 is 5.11 Å². The van der Waals surface area contributed by atoms with Gasteiger partial charge in [-0.3, -0.25) is 4.98 Å². The molecule has 0 radical (unpaired) electrons. The third kappa shape index (κ3) is 4.41. The largest absolute Gasteiger partial charge is 0.380 e. The van der Waals surface area contributed by atoms with Crippen molar-refractivity contribution in [3.8, 4) is 0 Å². The predicted octanol–water partition coefficient (Wildman–Crippen LogP) is 4.57. The predicted molar refractivity (Wildman–Crippen MR) is 97.9 cm³/mol. The minimum Gasteiger partial charge on any atom is -0.380 e. The van der Waals surface area contributed by atoms with E-state index in [4.69, 9.17) is 0 Å². The second-order valence-electron chi connectivity index (χ2n) is 6.97. The van der Waals surface area contributed by atoms with Crippen molar-refractivity contribution in [1.29, 1.82) is 0 Å². The van der Waals surface area contributed by atoms with E-state index < -0.39 is 5.34 Å². The lowest BCUT2D eigenvalue weighted by atomic mass is 9.55. The molecule has 4 heteroatoms. The van der Waals surface area contributed by atoms with Gasteiger partial charge in [0, 0.05) is 12.6 Å². The Morgan fingerprint density at radius 2 is 1.68 bits per heavy atom. The zero-order valence-electron chi connectivity index (χ0n) is 13.9. The zero-order chi connectivity index (χ0) is 16.2. The molecule has 0 saturated carbocycles. The van der Waals surface area contributed by atoms with Crippen molar-refractivity contribution in [2.24, 2.45) is 0 Å². The van der Waals surface area contributed by atoms with Crippen molar-refractivity contribution in [2.45, 2.75) is 44.7 Å². The average Bonchev–Trinajstić information content (AvgIpc) is 2.48. The highest BCUT2D eigenvalue weighted by Crippen LogP contribution is 2.49. The number of aliphatic hydroxyl groups is 1. The maximum atomic E-state index is 11.4. The van der Waals surface area contributed by atoms with E-state index in [0.717, 1.165) is 11.3 Å². The monoisotopic (exact) mass is 313 g/mol. The molecular formula is C18H25BNOP. The van der Waals surface area contributed by atoms with Gasteiger partial charge in [-0.1, -0.05) is 69.3 Å². The molecule has 22 heavy (non-hydrogen) atoms. The quantitative estimate of drug-likeness (QED) is 0.648. The summed E-state index contributed by atoms with van der Waals surface area (Å²) in [6.07, 6.45) is 2.77. The molecular weight excluding hydrogens is 288 g/mol. The van der Waals surface area contributed by atoms with Crippen molar-refractivity contribution in [3.63, 3.8) is 0 Å². The molecule has 0 fully saturated rings. The number of hydrogen-bond donors (Lipinski definition) is 1. The van der Waals surface area contributed by atoms with Crippen molar-refractivity contribution in [2.75, 3.05) is 0 Å². The lowest BCUT2D eigenvalue weighted by molar-refractivity contribution is 0.130. The maximum absolute atomic E-state index is 11.4. The van der Waals surface area contributed by atoms with Gasteiger partial charge in [-0.25, -0.2) is 0 Å². The molecule has 1 aromatic carbocycles. The summed E-state index contributed by atoms with van der Waals surface area (Å²) in [5.74, 6) is 0. The lowest BCUT2D eigenvalue weighted by Crippen LogP contribution is -2.30. The first-order valence-electron chi connectivity index (χ1n) is 7.77. The summed E-state index contributed by atoms with van der Waals surface area (Å²) >= 11 is 0. The van der Waals surface area contributed by atoms with Crippen LogP contribution in [-0.4, -0.2) is 16.5 Å². The molecule has 1 aromatic heterocycles. The van der Waals surface area contributed by atoms with Crippen LogP contribution in [0.2, 0.25) is 12.1 Å². The molecule has 2 nitrogen and oxygen atoms in total. The van der Waals surface area contributed by atoms with E-state index in [9.17, 15) is 5.11 Å². The summed E-state index contributed by atoms with van der Waals surface area (Å²) in [7, 11) is 0.397. The number of nitrogens with zero attached hydrogens (tertiary/aromatic N) is 1. The van der Waals surface area contributed by atoms with Crippen LogP contribution < -0.4 is 0 Å². The van der Waals surface area contributed by atoms with E-state index in [0.29, 0.717) is 21.3 Å². The molecule has 2 atom stereocenters. The van der Waals surface area contributed by atoms with Crippen molar-refractivity contribution >= 4 is 14.9 Å². The van der Waals surface area contributed by atoms with E-state index >= 15 is 0 Å². The molecule has 2 rings (SSSR count). The van der Waals surface area contributed by atoms with E-state index in [2.05, 4.69) is 44.7 Å². The molecule has 0 aliphatic heterocycles. The van der Waals surface area contributed by atoms with Crippen molar-refractivity contribution < 1.29 is 5.11 Å². The van der Waals surface area contributed by atoms with Crippen LogP contribution in [0.4, 0.5) is 0 Å². The standard InChI is InChI=1S/C18H25BNOP/c1-17(2,3)19(4)22-18(21,16-12-8-9-13-20-16)14-15-10-6-5-7-11-15/h5-13,21-22H,14H2,1-4H3. The van der Waals surface area contributed by atoms with Crippen molar-refractivity contribution in [1.82, 2.24) is 4.98 Å². The van der Waals surface area contributed by atoms with E-state index in [1.165, 1.54) is 0 Å². The molecule has 2 aromatic rings. The molecule has 0 bridgehead atoms. The first-order chi connectivity index (χ1) is 10.3. The number of hydrogen-bond acceptors (Lipinski definition) is 2. The third-order valence-corrected chi connectivity index (χ3v) is 6.36. The van der Waals surface area contributed by atoms with E-state index in [1.807, 2.05) is 36.4 Å². The van der Waals surface area contributed by atoms with Gasteiger partial charge in [0.15, 0.2) is 6.43 Å². The highest BCUT2D eigenvalue weighted by atomic mass is 31.1. The Labute approximate surface area is 136 Å². The molecule has 116 valence electrons. The normalized spacial score (nSPS) is 15.0. The number of rotatable bonds is 5. The van der Waals surface area contributed by atoms with Crippen LogP contribution in [0.25, 0.3) is 0 Å². The number of benzene rings is 1. The SMILES string of the molecule is CB(PC(O)(Cc1ccccc1)c1ccccn1)C(C)(C)C. The van der Waals surface area contributed by atoms with Crippen LogP contribution in [0.15, 0.2) is 54.7 Å². The Hall–Kier alpha value is -1.18. The first kappa shape index (κ1) is 17.2. The van der Waals surface area contributed by atoms with E-state index in [-0.39, 0.29) is 5.31 Å². The second-order valence-corrected chi connectivity index (χ2v) is 8.95. The third-order valence-electron chi connectivity index (χ3n) is 4.15. The van der Waals surface area contributed by atoms with Crippen molar-refractivity contribution in [3.05, 3.63) is 66.0 Å². The van der Waals surface area contributed by atoms with Gasteiger partial charge in [-0.15, -0.1) is 8.46 Å². The van der Waals surface area contributed by atoms with Crippen LogP contribution in [0.1, 0.15) is 32.0 Å². The van der Waals surface area contributed by atoms with Crippen LogP contribution in [-0.2, 0) is 11.8 Å². The van der Waals surface area contributed by atoms with Gasteiger partial charge in [-0.05, 0) is 17.7 Å². The summed E-state index contributed by atoms with van der Waals surface area (Å²) in [6.45, 7) is 8.90. The van der Waals surface area contributed by atoms with Crippen LogP contribution in [0.5, 0.6) is 0 Å². The molecule has 0 saturated heterocycles. The number of aromatic nitrogens is 1. The summed E-state index contributed by atoms with van der Waals surface area (Å²) in [5, 5.41) is 10.7. The smallest absolute Gasteiger partial charge is 0.173 e. The van der Waals surface area contributed by atoms with Gasteiger partial charge in [0.05, 0.1) is 5.69 Å². The summed E-state index contributed by atoms with van der Waals surface area (Å²) in [5.41, 5.74) is 1.91. The summed E-state index contributed by atoms with van der Waals surface area (Å²) < 4.78 is 0. The van der Waals surface area contributed by atoms with Gasteiger partial charge in [-0.2, -0.15) is 0 Å². The minimum atomic E-state index is -0.907. The summed E-state index contributed by atoms with van der Waals surface area (Å²) in [6, 6.07) is 16.0. The average molecular weight is 313 g/mol. The Kier molecular flexibility index (Phi) is 5.42. The number of pyridine rings is 1. The molecule has 0 spiro atoms. The molecule has 0 aliphatic rings. The van der Waals surface area contributed by atoms with Crippen LogP contribution >= 0.6 is 8.46 Å². The Morgan fingerprint density at radius 3 is 2.23 bits per heavy atom. The fourth-order valence-corrected chi connectivity index (χ4v) is 4.04. The first-order valence-corrected chi connectivity index (χ1v) is 8.84. The van der Waals surface area contributed by atoms with Crippen LogP contribution in [0.3, 0.4) is 0 Å². The second kappa shape index (κ2) is 6.94. The summed E-state index contributed by atoms with van der Waals surface area (Å²) in [4.78, 5) is 4.44. The Morgan fingerprint density at radius 1 is 1.05 bits per heavy atom. The zero-order valence-corrected chi connectivity index (χ0v) is 14.9. The molecule has 1 N–H and O–H groups in total. The molecule has 2 unspecified atom stereocenters. The van der Waals surface area contributed by atoms with Gasteiger partial charge in [0.25, 0.3) is 0 Å². The topological polar surface area (TPSA) is 33.1 Å². The maximum Gasteiger partial charge on any atom is 0.173 e. The Bertz CT molecular complexity index is 585. The van der Waals surface area contributed by atoms with Gasteiger partial charge in [0.2, 0.25) is 0 Å². The fourth-order valence-electron chi connectivity index (χ4n) is 2.29. The Balaban J connectivity index is 2.32. The minimum absolute atomic E-state index is 0.165. The van der Waals surface area contributed by atoms with E-state index in [1.54, 1.807) is 6.20 Å².